The molecule has 0 atom stereocenters. The van der Waals surface area contributed by atoms with Crippen molar-refractivity contribution in [2.24, 2.45) is 0 Å². The molecule has 0 N–H and O–H groups in total. The van der Waals surface area contributed by atoms with E-state index in [1.54, 1.807) is 6.07 Å². The predicted molar refractivity (Wildman–Crippen MR) is 111 cm³/mol. The highest BCUT2D eigenvalue weighted by Crippen LogP contribution is 2.38. The van der Waals surface area contributed by atoms with Crippen LogP contribution in [0.4, 0.5) is 19.0 Å². The summed E-state index contributed by atoms with van der Waals surface area (Å²) < 4.78 is 43.8. The van der Waals surface area contributed by atoms with E-state index in [2.05, 4.69) is 4.98 Å². The Balaban J connectivity index is 1.47. The molecule has 166 valence electrons. The van der Waals surface area contributed by atoms with Gasteiger partial charge in [0, 0.05) is 50.6 Å². The van der Waals surface area contributed by atoms with Crippen LogP contribution in [0.3, 0.4) is 0 Å². The summed E-state index contributed by atoms with van der Waals surface area (Å²) in [6.07, 6.45) is -2.38. The van der Waals surface area contributed by atoms with Gasteiger partial charge in [-0.05, 0) is 42.7 Å². The molecule has 2 aliphatic rings. The number of rotatable bonds is 3. The first-order valence-electron chi connectivity index (χ1n) is 10.2. The minimum Gasteiger partial charge on any atom is -0.381 e. The fourth-order valence-corrected chi connectivity index (χ4v) is 4.50. The predicted octanol–water partition coefficient (Wildman–Crippen LogP) is 4.15. The number of pyridine rings is 1. The Morgan fingerprint density at radius 3 is 2.35 bits per heavy atom. The molecule has 2 aromatic rings. The SMILES string of the molecule is O=C(N1CCN(c2ccc(C(F)(F)F)cn2)CC1)C1(c2cccc(Cl)c2)CCOCC1. The van der Waals surface area contributed by atoms with Gasteiger partial charge in [-0.3, -0.25) is 4.79 Å². The summed E-state index contributed by atoms with van der Waals surface area (Å²) in [6.45, 7) is 2.98. The highest BCUT2D eigenvalue weighted by Gasteiger charge is 2.44. The van der Waals surface area contributed by atoms with E-state index < -0.39 is 17.2 Å². The van der Waals surface area contributed by atoms with E-state index in [1.165, 1.54) is 6.07 Å². The van der Waals surface area contributed by atoms with Crippen molar-refractivity contribution in [3.8, 4) is 0 Å². The lowest BCUT2D eigenvalue weighted by molar-refractivity contribution is -0.141. The van der Waals surface area contributed by atoms with Crippen LogP contribution in [0.1, 0.15) is 24.0 Å². The van der Waals surface area contributed by atoms with E-state index in [-0.39, 0.29) is 5.91 Å². The summed E-state index contributed by atoms with van der Waals surface area (Å²) in [4.78, 5) is 21.4. The van der Waals surface area contributed by atoms with Crippen LogP contribution in [0.25, 0.3) is 0 Å². The van der Waals surface area contributed by atoms with Crippen LogP contribution in [-0.2, 0) is 21.1 Å². The number of aromatic nitrogens is 1. The number of carbonyl (C=O) groups is 1. The third-order valence-corrected chi connectivity index (χ3v) is 6.33. The lowest BCUT2D eigenvalue weighted by Crippen LogP contribution is -2.56. The molecule has 0 aliphatic carbocycles. The number of anilines is 1. The fourth-order valence-electron chi connectivity index (χ4n) is 4.31. The summed E-state index contributed by atoms with van der Waals surface area (Å²) in [5.74, 6) is 0.536. The average molecular weight is 454 g/mol. The number of alkyl halides is 3. The number of halogens is 4. The number of nitrogens with zero attached hydrogens (tertiary/aromatic N) is 3. The van der Waals surface area contributed by atoms with Gasteiger partial charge in [-0.25, -0.2) is 4.98 Å². The number of benzene rings is 1. The second-order valence-electron chi connectivity index (χ2n) is 7.89. The number of amides is 1. The van der Waals surface area contributed by atoms with Gasteiger partial charge in [0.15, 0.2) is 0 Å². The van der Waals surface area contributed by atoms with E-state index in [4.69, 9.17) is 16.3 Å². The molecule has 0 unspecified atom stereocenters. The summed E-state index contributed by atoms with van der Waals surface area (Å²) in [7, 11) is 0. The van der Waals surface area contributed by atoms with Crippen molar-refractivity contribution in [1.82, 2.24) is 9.88 Å². The normalized spacial score (nSPS) is 19.4. The monoisotopic (exact) mass is 453 g/mol. The molecule has 1 aromatic heterocycles. The van der Waals surface area contributed by atoms with Crippen molar-refractivity contribution in [1.29, 1.82) is 0 Å². The standard InChI is InChI=1S/C22H23ClF3N3O2/c23-18-3-1-2-16(14-18)21(6-12-31-13-7-21)20(30)29-10-8-28(9-11-29)19-5-4-17(15-27-19)22(24,25)26/h1-5,14-15H,6-13H2. The molecule has 31 heavy (non-hydrogen) atoms. The smallest absolute Gasteiger partial charge is 0.381 e. The van der Waals surface area contributed by atoms with Crippen molar-refractivity contribution in [2.75, 3.05) is 44.3 Å². The Hall–Kier alpha value is -2.32. The van der Waals surface area contributed by atoms with Crippen LogP contribution in [-0.4, -0.2) is 55.2 Å². The molecule has 4 rings (SSSR count). The molecule has 1 amide bonds. The maximum atomic E-state index is 13.7. The van der Waals surface area contributed by atoms with Gasteiger partial charge < -0.3 is 14.5 Å². The maximum absolute atomic E-state index is 13.7. The summed E-state index contributed by atoms with van der Waals surface area (Å²) in [6, 6.07) is 9.86. The Labute approximate surface area is 183 Å². The highest BCUT2D eigenvalue weighted by atomic mass is 35.5. The second kappa shape index (κ2) is 8.67. The van der Waals surface area contributed by atoms with Gasteiger partial charge in [-0.15, -0.1) is 0 Å². The van der Waals surface area contributed by atoms with E-state index in [0.717, 1.165) is 17.8 Å². The molecule has 0 bridgehead atoms. The number of carbonyl (C=O) groups excluding carboxylic acids is 1. The van der Waals surface area contributed by atoms with Crippen LogP contribution in [0.2, 0.25) is 5.02 Å². The zero-order chi connectivity index (χ0) is 22.1. The van der Waals surface area contributed by atoms with E-state index >= 15 is 0 Å². The fraction of sp³-hybridized carbons (Fsp3) is 0.455. The van der Waals surface area contributed by atoms with Crippen LogP contribution in [0.5, 0.6) is 0 Å². The minimum atomic E-state index is -4.41. The zero-order valence-electron chi connectivity index (χ0n) is 16.9. The molecule has 0 radical (unpaired) electrons. The molecule has 0 saturated carbocycles. The molecule has 9 heteroatoms. The lowest BCUT2D eigenvalue weighted by atomic mass is 9.73. The summed E-state index contributed by atoms with van der Waals surface area (Å²) in [5.41, 5.74) is -0.536. The van der Waals surface area contributed by atoms with Crippen LogP contribution in [0, 0.1) is 0 Å². The molecule has 3 heterocycles. The van der Waals surface area contributed by atoms with Crippen LogP contribution < -0.4 is 4.90 Å². The number of piperazine rings is 1. The molecule has 1 aromatic carbocycles. The first-order chi connectivity index (χ1) is 14.8. The Kier molecular flexibility index (Phi) is 6.12. The molecule has 2 aliphatic heterocycles. The zero-order valence-corrected chi connectivity index (χ0v) is 17.6. The Morgan fingerprint density at radius 1 is 1.06 bits per heavy atom. The van der Waals surface area contributed by atoms with Gasteiger partial charge in [0.1, 0.15) is 5.82 Å². The van der Waals surface area contributed by atoms with E-state index in [0.29, 0.717) is 63.1 Å². The number of hydrogen-bond donors (Lipinski definition) is 0. The van der Waals surface area contributed by atoms with E-state index in [1.807, 2.05) is 28.0 Å². The molecule has 5 nitrogen and oxygen atoms in total. The van der Waals surface area contributed by atoms with E-state index in [9.17, 15) is 18.0 Å². The van der Waals surface area contributed by atoms with Gasteiger partial charge in [-0.1, -0.05) is 23.7 Å². The highest BCUT2D eigenvalue weighted by molar-refractivity contribution is 6.30. The van der Waals surface area contributed by atoms with Crippen molar-refractivity contribution < 1.29 is 22.7 Å². The molecular formula is C22H23ClF3N3O2. The quantitative estimate of drug-likeness (QED) is 0.700. The third-order valence-electron chi connectivity index (χ3n) is 6.10. The van der Waals surface area contributed by atoms with Crippen molar-refractivity contribution in [3.05, 3.63) is 58.7 Å². The molecule has 2 fully saturated rings. The Bertz CT molecular complexity index is 922. The van der Waals surface area contributed by atoms with Crippen molar-refractivity contribution >= 4 is 23.3 Å². The summed E-state index contributed by atoms with van der Waals surface area (Å²) in [5, 5.41) is 0.592. The molecule has 2 saturated heterocycles. The van der Waals surface area contributed by atoms with Crippen molar-refractivity contribution in [3.63, 3.8) is 0 Å². The molecular weight excluding hydrogens is 431 g/mol. The van der Waals surface area contributed by atoms with Crippen molar-refractivity contribution in [2.45, 2.75) is 24.4 Å². The average Bonchev–Trinajstić information content (AvgIpc) is 2.79. The molecule has 0 spiro atoms. The van der Waals surface area contributed by atoms with Crippen LogP contribution in [0.15, 0.2) is 42.6 Å². The largest absolute Gasteiger partial charge is 0.417 e. The first kappa shape index (κ1) is 21.9. The first-order valence-corrected chi connectivity index (χ1v) is 10.6. The van der Waals surface area contributed by atoms with Gasteiger partial charge in [-0.2, -0.15) is 13.2 Å². The van der Waals surface area contributed by atoms with Gasteiger partial charge in [0.2, 0.25) is 5.91 Å². The Morgan fingerprint density at radius 2 is 1.77 bits per heavy atom. The second-order valence-corrected chi connectivity index (χ2v) is 8.32. The lowest BCUT2D eigenvalue weighted by Gasteiger charge is -2.43. The van der Waals surface area contributed by atoms with Gasteiger partial charge in [0.25, 0.3) is 0 Å². The third kappa shape index (κ3) is 4.50. The number of hydrogen-bond acceptors (Lipinski definition) is 4. The summed E-state index contributed by atoms with van der Waals surface area (Å²) >= 11 is 6.20. The number of ether oxygens (including phenoxy) is 1. The van der Waals surface area contributed by atoms with Gasteiger partial charge >= 0.3 is 6.18 Å². The maximum Gasteiger partial charge on any atom is 0.417 e. The van der Waals surface area contributed by atoms with Crippen LogP contribution >= 0.6 is 11.6 Å². The topological polar surface area (TPSA) is 45.7 Å². The minimum absolute atomic E-state index is 0.0538. The van der Waals surface area contributed by atoms with Gasteiger partial charge in [0.05, 0.1) is 11.0 Å².